The van der Waals surface area contributed by atoms with Crippen molar-refractivity contribution in [3.8, 4) is 0 Å². The Balaban J connectivity index is 2.28. The van der Waals surface area contributed by atoms with Crippen LogP contribution in [-0.4, -0.2) is 18.5 Å². The molecule has 1 saturated heterocycles. The lowest BCUT2D eigenvalue weighted by Gasteiger charge is -2.36. The molecular weight excluding hydrogens is 243 g/mol. The number of hydrogen-bond acceptors (Lipinski definition) is 2. The summed E-state index contributed by atoms with van der Waals surface area (Å²) >= 11 is 0. The summed E-state index contributed by atoms with van der Waals surface area (Å²) in [6.45, 7) is 4.81. The average Bonchev–Trinajstić information content (AvgIpc) is 2.36. The van der Waals surface area contributed by atoms with Gasteiger partial charge in [-0.05, 0) is 62.0 Å². The molecule has 1 aromatic rings. The number of halogens is 1. The Bertz CT molecular complexity index is 474. The van der Waals surface area contributed by atoms with Crippen LogP contribution in [0.3, 0.4) is 0 Å². The second-order valence-corrected chi connectivity index (χ2v) is 5.56. The topological polar surface area (TPSA) is 26.3 Å². The number of benzene rings is 1. The molecule has 0 N–H and O–H groups in total. The van der Waals surface area contributed by atoms with Crippen LogP contribution in [0.25, 0.3) is 5.57 Å². The zero-order valence-corrected chi connectivity index (χ0v) is 11.4. The molecular formula is C16H19FO2. The van der Waals surface area contributed by atoms with Crippen molar-refractivity contribution in [1.29, 1.82) is 0 Å². The van der Waals surface area contributed by atoms with E-state index in [1.54, 1.807) is 18.2 Å². The van der Waals surface area contributed by atoms with Gasteiger partial charge in [0.25, 0.3) is 0 Å². The monoisotopic (exact) mass is 262 g/mol. The van der Waals surface area contributed by atoms with E-state index in [2.05, 4.69) is 13.8 Å². The lowest BCUT2D eigenvalue weighted by molar-refractivity contribution is -0.104. The smallest absolute Gasteiger partial charge is 0.143 e. The molecule has 1 aliphatic heterocycles. The van der Waals surface area contributed by atoms with E-state index in [0.717, 1.165) is 30.3 Å². The van der Waals surface area contributed by atoms with Crippen LogP contribution in [0.1, 0.15) is 32.3 Å². The lowest BCUT2D eigenvalue weighted by Crippen LogP contribution is -2.34. The Labute approximate surface area is 113 Å². The van der Waals surface area contributed by atoms with Gasteiger partial charge in [-0.15, -0.1) is 0 Å². The summed E-state index contributed by atoms with van der Waals surface area (Å²) in [5, 5.41) is 0. The SMILES string of the molecule is CC1(C)CC(C(=CC=O)c2ccc(F)cc2)CCO1. The van der Waals surface area contributed by atoms with Gasteiger partial charge in [0.15, 0.2) is 0 Å². The number of hydrogen-bond donors (Lipinski definition) is 0. The van der Waals surface area contributed by atoms with E-state index in [4.69, 9.17) is 4.74 Å². The van der Waals surface area contributed by atoms with E-state index in [-0.39, 0.29) is 17.3 Å². The first kappa shape index (κ1) is 13.9. The van der Waals surface area contributed by atoms with E-state index >= 15 is 0 Å². The van der Waals surface area contributed by atoms with E-state index < -0.39 is 0 Å². The standard InChI is InChI=1S/C16H19FO2/c1-16(2)11-13(8-10-19-16)15(7-9-18)12-3-5-14(17)6-4-12/h3-7,9,13H,8,10-11H2,1-2H3. The van der Waals surface area contributed by atoms with Crippen LogP contribution in [0, 0.1) is 11.7 Å². The highest BCUT2D eigenvalue weighted by Crippen LogP contribution is 2.37. The first-order chi connectivity index (χ1) is 9.02. The van der Waals surface area contributed by atoms with Gasteiger partial charge in [-0.25, -0.2) is 4.39 Å². The highest BCUT2D eigenvalue weighted by atomic mass is 19.1. The molecule has 102 valence electrons. The fraction of sp³-hybridized carbons (Fsp3) is 0.438. The molecule has 1 atom stereocenters. The predicted octanol–water partition coefficient (Wildman–Crippen LogP) is 3.61. The Morgan fingerprint density at radius 2 is 2.05 bits per heavy atom. The highest BCUT2D eigenvalue weighted by molar-refractivity contribution is 5.82. The van der Waals surface area contributed by atoms with Gasteiger partial charge in [0, 0.05) is 6.61 Å². The molecule has 19 heavy (non-hydrogen) atoms. The maximum atomic E-state index is 13.0. The normalized spacial score (nSPS) is 23.1. The third kappa shape index (κ3) is 3.51. The number of carbonyl (C=O) groups is 1. The average molecular weight is 262 g/mol. The molecule has 0 aliphatic carbocycles. The van der Waals surface area contributed by atoms with Crippen molar-refractivity contribution in [1.82, 2.24) is 0 Å². The van der Waals surface area contributed by atoms with Crippen LogP contribution >= 0.6 is 0 Å². The van der Waals surface area contributed by atoms with Gasteiger partial charge in [-0.1, -0.05) is 12.1 Å². The summed E-state index contributed by atoms with van der Waals surface area (Å²) in [7, 11) is 0. The summed E-state index contributed by atoms with van der Waals surface area (Å²) in [4.78, 5) is 10.9. The summed E-state index contributed by atoms with van der Waals surface area (Å²) in [5.41, 5.74) is 1.72. The van der Waals surface area contributed by atoms with Crippen molar-refractivity contribution < 1.29 is 13.9 Å². The van der Waals surface area contributed by atoms with Crippen molar-refractivity contribution in [3.05, 3.63) is 41.7 Å². The first-order valence-corrected chi connectivity index (χ1v) is 6.57. The molecule has 0 spiro atoms. The minimum absolute atomic E-state index is 0.176. The van der Waals surface area contributed by atoms with Crippen LogP contribution in [0.4, 0.5) is 4.39 Å². The largest absolute Gasteiger partial charge is 0.376 e. The minimum atomic E-state index is -0.262. The van der Waals surface area contributed by atoms with Crippen molar-refractivity contribution >= 4 is 11.9 Å². The third-order valence-electron chi connectivity index (χ3n) is 3.56. The quantitative estimate of drug-likeness (QED) is 0.614. The first-order valence-electron chi connectivity index (χ1n) is 6.57. The molecule has 2 nitrogen and oxygen atoms in total. The molecule has 1 unspecified atom stereocenters. The van der Waals surface area contributed by atoms with Gasteiger partial charge in [0.05, 0.1) is 5.60 Å². The van der Waals surface area contributed by atoms with Gasteiger partial charge >= 0.3 is 0 Å². The Morgan fingerprint density at radius 3 is 2.63 bits per heavy atom. The molecule has 1 heterocycles. The zero-order valence-electron chi connectivity index (χ0n) is 11.4. The van der Waals surface area contributed by atoms with Crippen LogP contribution in [0.15, 0.2) is 30.3 Å². The molecule has 1 aliphatic rings. The van der Waals surface area contributed by atoms with Gasteiger partial charge < -0.3 is 4.74 Å². The van der Waals surface area contributed by atoms with Crippen molar-refractivity contribution in [2.45, 2.75) is 32.3 Å². The molecule has 0 aromatic heterocycles. The van der Waals surface area contributed by atoms with Crippen molar-refractivity contribution in [2.24, 2.45) is 5.92 Å². The molecule has 0 radical (unpaired) electrons. The van der Waals surface area contributed by atoms with Crippen LogP contribution in [-0.2, 0) is 9.53 Å². The molecule has 0 saturated carbocycles. The van der Waals surface area contributed by atoms with Gasteiger partial charge in [0.2, 0.25) is 0 Å². The van der Waals surface area contributed by atoms with E-state index in [1.165, 1.54) is 12.1 Å². The van der Waals surface area contributed by atoms with E-state index in [9.17, 15) is 9.18 Å². The molecule has 0 bridgehead atoms. The molecule has 2 rings (SSSR count). The Morgan fingerprint density at radius 1 is 1.37 bits per heavy atom. The van der Waals surface area contributed by atoms with E-state index in [1.807, 2.05) is 0 Å². The Kier molecular flexibility index (Phi) is 4.15. The zero-order chi connectivity index (χ0) is 13.9. The molecule has 3 heteroatoms. The third-order valence-corrected chi connectivity index (χ3v) is 3.56. The fourth-order valence-corrected chi connectivity index (χ4v) is 2.68. The number of ether oxygens (including phenoxy) is 1. The van der Waals surface area contributed by atoms with Gasteiger partial charge in [0.1, 0.15) is 12.1 Å². The second-order valence-electron chi connectivity index (χ2n) is 5.56. The van der Waals surface area contributed by atoms with E-state index in [0.29, 0.717) is 6.61 Å². The van der Waals surface area contributed by atoms with Gasteiger partial charge in [-0.3, -0.25) is 4.79 Å². The van der Waals surface area contributed by atoms with Crippen LogP contribution in [0.2, 0.25) is 0 Å². The Hall–Kier alpha value is -1.48. The summed E-state index contributed by atoms with van der Waals surface area (Å²) in [6.07, 6.45) is 4.16. The van der Waals surface area contributed by atoms with Crippen LogP contribution in [0.5, 0.6) is 0 Å². The minimum Gasteiger partial charge on any atom is -0.376 e. The predicted molar refractivity (Wildman–Crippen MR) is 73.2 cm³/mol. The maximum absolute atomic E-state index is 13.0. The lowest BCUT2D eigenvalue weighted by atomic mass is 9.80. The molecule has 1 aromatic carbocycles. The summed E-state index contributed by atoms with van der Waals surface area (Å²) < 4.78 is 18.7. The van der Waals surface area contributed by atoms with Gasteiger partial charge in [-0.2, -0.15) is 0 Å². The molecule has 0 amide bonds. The van der Waals surface area contributed by atoms with Crippen LogP contribution < -0.4 is 0 Å². The second kappa shape index (κ2) is 5.66. The summed E-state index contributed by atoms with van der Waals surface area (Å²) in [6, 6.07) is 6.32. The number of allylic oxidation sites excluding steroid dienone is 2. The van der Waals surface area contributed by atoms with Crippen molar-refractivity contribution in [2.75, 3.05) is 6.61 Å². The van der Waals surface area contributed by atoms with Crippen molar-refractivity contribution in [3.63, 3.8) is 0 Å². The maximum Gasteiger partial charge on any atom is 0.143 e. The number of carbonyl (C=O) groups excluding carboxylic acids is 1. The number of aldehydes is 1. The summed E-state index contributed by atoms with van der Waals surface area (Å²) in [5.74, 6) is 0.0147. The fourth-order valence-electron chi connectivity index (χ4n) is 2.68. The highest BCUT2D eigenvalue weighted by Gasteiger charge is 2.31. The number of rotatable bonds is 3. The molecule has 1 fully saturated rings.